The van der Waals surface area contributed by atoms with Crippen LogP contribution in [0.5, 0.6) is 0 Å². The summed E-state index contributed by atoms with van der Waals surface area (Å²) >= 11 is 6.12. The van der Waals surface area contributed by atoms with Gasteiger partial charge in [-0.05, 0) is 69.0 Å². The van der Waals surface area contributed by atoms with Crippen LogP contribution in [-0.4, -0.2) is 85.5 Å². The van der Waals surface area contributed by atoms with Crippen LogP contribution in [0.1, 0.15) is 24.2 Å². The molecule has 1 spiro atoms. The van der Waals surface area contributed by atoms with Gasteiger partial charge in [0.2, 0.25) is 5.91 Å². The fraction of sp³-hybridized carbons (Fsp3) is 0.400. The lowest BCUT2D eigenvalue weighted by atomic mass is 9.78. The van der Waals surface area contributed by atoms with Crippen molar-refractivity contribution >= 4 is 28.9 Å². The van der Waals surface area contributed by atoms with Crippen LogP contribution < -0.4 is 10.3 Å². The Bertz CT molecular complexity index is 1600. The highest BCUT2D eigenvalue weighted by Crippen LogP contribution is 2.46. The normalized spacial score (nSPS) is 25.6. The molecule has 3 aromatic rings. The zero-order chi connectivity index (χ0) is 30.7. The van der Waals surface area contributed by atoms with Gasteiger partial charge < -0.3 is 24.3 Å². The number of ether oxygens (including phenoxy) is 1. The molecule has 0 radical (unpaired) electrons. The number of benzene rings is 2. The fourth-order valence-corrected chi connectivity index (χ4v) is 6.73. The molecule has 3 unspecified atom stereocenters. The van der Waals surface area contributed by atoms with Crippen molar-refractivity contribution in [3.05, 3.63) is 88.3 Å². The lowest BCUT2D eigenvalue weighted by molar-refractivity contribution is -0.206. The van der Waals surface area contributed by atoms with Crippen LogP contribution in [0, 0.1) is 23.3 Å². The molecule has 2 fully saturated rings. The minimum Gasteiger partial charge on any atom is -0.449 e. The molecule has 2 aromatic carbocycles. The Balaban J connectivity index is 1.41. The zero-order valence-corrected chi connectivity index (χ0v) is 24.5. The molecule has 8 nitrogen and oxygen atoms in total. The van der Waals surface area contributed by atoms with Crippen molar-refractivity contribution in [1.29, 1.82) is 0 Å². The topological polar surface area (TPSA) is 73.5 Å². The van der Waals surface area contributed by atoms with E-state index in [0.717, 1.165) is 42.8 Å². The Labute approximate surface area is 250 Å². The van der Waals surface area contributed by atoms with Gasteiger partial charge in [-0.15, -0.1) is 0 Å². The van der Waals surface area contributed by atoms with E-state index in [1.807, 2.05) is 14.1 Å². The molecule has 1 N–H and O–H groups in total. The average molecular weight is 620 g/mol. The van der Waals surface area contributed by atoms with Gasteiger partial charge >= 0.3 is 0 Å². The van der Waals surface area contributed by atoms with Crippen LogP contribution in [-0.2, 0) is 9.53 Å². The highest BCUT2D eigenvalue weighted by molar-refractivity contribution is 6.28. The smallest absolute Gasteiger partial charge is 0.249 e. The summed E-state index contributed by atoms with van der Waals surface area (Å²) in [5.41, 5.74) is -2.51. The quantitative estimate of drug-likeness (QED) is 0.413. The van der Waals surface area contributed by atoms with Gasteiger partial charge in [-0.2, -0.15) is 5.10 Å². The number of likely N-dealkylation sites (N-methyl/N-ethyl adjacent to an activating group) is 2. The van der Waals surface area contributed by atoms with Crippen molar-refractivity contribution in [2.75, 3.05) is 51.8 Å². The average Bonchev–Trinajstić information content (AvgIpc) is 3.47. The Morgan fingerprint density at radius 3 is 2.30 bits per heavy atom. The number of morpholine rings is 1. The van der Waals surface area contributed by atoms with Gasteiger partial charge in [-0.3, -0.25) is 4.79 Å². The predicted molar refractivity (Wildman–Crippen MR) is 152 cm³/mol. The summed E-state index contributed by atoms with van der Waals surface area (Å²) in [4.78, 5) is 18.6. The minimum atomic E-state index is -1.79. The van der Waals surface area contributed by atoms with Gasteiger partial charge in [0.05, 0.1) is 23.4 Å². The van der Waals surface area contributed by atoms with Crippen LogP contribution in [0.25, 0.3) is 0 Å². The number of carbonyl (C=O) groups is 1. The number of likely N-dealkylation sites (tertiary alicyclic amines) is 1. The molecule has 4 heterocycles. The molecular formula is C30H30ClF4N5O3. The first-order valence-corrected chi connectivity index (χ1v) is 14.1. The van der Waals surface area contributed by atoms with E-state index in [2.05, 4.69) is 20.2 Å². The molecule has 43 heavy (non-hydrogen) atoms. The molecule has 3 atom stereocenters. The Hall–Kier alpha value is -3.45. The molecule has 228 valence electrons. The summed E-state index contributed by atoms with van der Waals surface area (Å²) in [5.74, 6) is -5.19. The summed E-state index contributed by atoms with van der Waals surface area (Å²) in [6.45, 7) is 4.48. The number of hydrazone groups is 1. The number of furan rings is 1. The number of carbonyl (C=O) groups excluding carboxylic acids is 1. The number of halogens is 5. The number of hydrogen-bond acceptors (Lipinski definition) is 7. The van der Waals surface area contributed by atoms with E-state index in [1.165, 1.54) is 25.1 Å². The number of rotatable bonds is 6. The molecule has 1 amide bonds. The van der Waals surface area contributed by atoms with E-state index >= 15 is 8.78 Å². The van der Waals surface area contributed by atoms with Crippen LogP contribution in [0.3, 0.4) is 0 Å². The molecule has 1 aromatic heterocycles. The third kappa shape index (κ3) is 5.30. The van der Waals surface area contributed by atoms with E-state index in [4.69, 9.17) is 20.8 Å². The number of amides is 1. The van der Waals surface area contributed by atoms with Crippen molar-refractivity contribution in [1.82, 2.24) is 15.1 Å². The van der Waals surface area contributed by atoms with E-state index < -0.39 is 40.6 Å². The van der Waals surface area contributed by atoms with E-state index in [9.17, 15) is 13.6 Å². The van der Waals surface area contributed by atoms with E-state index in [1.54, 1.807) is 0 Å². The largest absolute Gasteiger partial charge is 0.449 e. The monoisotopic (exact) mass is 619 g/mol. The molecule has 13 heteroatoms. The van der Waals surface area contributed by atoms with Crippen molar-refractivity contribution in [3.8, 4) is 0 Å². The number of anilines is 1. The maximum Gasteiger partial charge on any atom is 0.249 e. The second-order valence-electron chi connectivity index (χ2n) is 11.7. The summed E-state index contributed by atoms with van der Waals surface area (Å²) in [6.07, 6.45) is -0.344. The summed E-state index contributed by atoms with van der Waals surface area (Å²) in [6, 6.07) is 8.73. The van der Waals surface area contributed by atoms with Crippen LogP contribution >= 0.6 is 11.6 Å². The molecule has 0 aliphatic carbocycles. The van der Waals surface area contributed by atoms with E-state index in [-0.39, 0.29) is 46.2 Å². The van der Waals surface area contributed by atoms with Gasteiger partial charge in [0.15, 0.2) is 16.6 Å². The fourth-order valence-electron chi connectivity index (χ4n) is 6.58. The highest BCUT2D eigenvalue weighted by Gasteiger charge is 2.57. The Morgan fingerprint density at radius 1 is 1.00 bits per heavy atom. The zero-order valence-electron chi connectivity index (χ0n) is 23.7. The van der Waals surface area contributed by atoms with Crippen molar-refractivity contribution in [3.63, 3.8) is 0 Å². The molecule has 2 saturated heterocycles. The molecule has 0 saturated carbocycles. The van der Waals surface area contributed by atoms with Gasteiger partial charge in [0.1, 0.15) is 28.8 Å². The molecule has 3 aliphatic heterocycles. The first kappa shape index (κ1) is 29.6. The van der Waals surface area contributed by atoms with E-state index in [0.29, 0.717) is 18.7 Å². The van der Waals surface area contributed by atoms with Crippen molar-refractivity contribution < 1.29 is 31.5 Å². The lowest BCUT2D eigenvalue weighted by Gasteiger charge is -2.54. The van der Waals surface area contributed by atoms with Gasteiger partial charge in [0, 0.05) is 50.4 Å². The molecule has 6 rings (SSSR count). The predicted octanol–water partition coefficient (Wildman–Crippen LogP) is 4.39. The molecular weight excluding hydrogens is 590 g/mol. The SMILES string of the molecule is CN1CC(CNC(=O)C2(C)C(c3ccc(Cl)o3)C(c3ccc(F)cc3F)=NN2c2ccc(F)cc2F)OC2(C1)CN(C)C2. The Kier molecular flexibility index (Phi) is 7.52. The van der Waals surface area contributed by atoms with Crippen molar-refractivity contribution in [2.45, 2.75) is 30.1 Å². The maximum absolute atomic E-state index is 15.3. The van der Waals surface area contributed by atoms with Gasteiger partial charge in [-0.1, -0.05) is 0 Å². The minimum absolute atomic E-state index is 0.00231. The summed E-state index contributed by atoms with van der Waals surface area (Å²) < 4.78 is 70.5. The molecule has 3 aliphatic rings. The van der Waals surface area contributed by atoms with Crippen molar-refractivity contribution in [2.24, 2.45) is 5.10 Å². The van der Waals surface area contributed by atoms with Crippen LogP contribution in [0.2, 0.25) is 5.22 Å². The highest BCUT2D eigenvalue weighted by atomic mass is 35.5. The Morgan fingerprint density at radius 2 is 1.67 bits per heavy atom. The van der Waals surface area contributed by atoms with Crippen LogP contribution in [0.4, 0.5) is 23.2 Å². The number of nitrogens with zero attached hydrogens (tertiary/aromatic N) is 4. The number of nitrogens with one attached hydrogen (secondary N) is 1. The second-order valence-corrected chi connectivity index (χ2v) is 12.1. The first-order chi connectivity index (χ1) is 20.4. The summed E-state index contributed by atoms with van der Waals surface area (Å²) in [7, 11) is 4.00. The maximum atomic E-state index is 15.3. The third-order valence-corrected chi connectivity index (χ3v) is 8.47. The summed E-state index contributed by atoms with van der Waals surface area (Å²) in [5, 5.41) is 8.56. The second kappa shape index (κ2) is 10.9. The van der Waals surface area contributed by atoms with Gasteiger partial charge in [0.25, 0.3) is 0 Å². The van der Waals surface area contributed by atoms with Gasteiger partial charge in [-0.25, -0.2) is 22.6 Å². The third-order valence-electron chi connectivity index (χ3n) is 8.26. The molecule has 0 bridgehead atoms. The van der Waals surface area contributed by atoms with Crippen LogP contribution in [0.15, 0.2) is 58.0 Å². The first-order valence-electron chi connectivity index (χ1n) is 13.8. The number of hydrogen-bond donors (Lipinski definition) is 1. The standard InChI is InChI=1S/C30H30ClF4N5O3/c1-29(28(41)36-12-19-13-38(2)14-30(43-19)15-39(3)16-30)26(24-8-9-25(31)42-24)27(20-6-4-17(32)10-21(20)34)37-40(29)23-7-5-18(33)11-22(23)35/h4-11,19,26H,12-16H2,1-3H3,(H,36,41). The lowest BCUT2D eigenvalue weighted by Crippen LogP contribution is -2.71.